The maximum absolute atomic E-state index is 16.6. The molecule has 2 fully saturated rings. The van der Waals surface area contributed by atoms with Gasteiger partial charge in [-0.1, -0.05) is 18.2 Å². The van der Waals surface area contributed by atoms with Crippen LogP contribution in [0.15, 0.2) is 48.9 Å². The highest BCUT2D eigenvalue weighted by Crippen LogP contribution is 2.36. The predicted octanol–water partition coefficient (Wildman–Crippen LogP) is 4.86. The molecular formula is C33H32F4N8O2. The van der Waals surface area contributed by atoms with E-state index in [0.717, 1.165) is 28.5 Å². The number of halogens is 4. The van der Waals surface area contributed by atoms with Gasteiger partial charge in [-0.2, -0.15) is 15.2 Å². The van der Waals surface area contributed by atoms with Crippen molar-refractivity contribution in [2.75, 3.05) is 51.4 Å². The molecule has 2 saturated heterocycles. The number of rotatable bonds is 8. The van der Waals surface area contributed by atoms with Gasteiger partial charge in [0.1, 0.15) is 30.3 Å². The van der Waals surface area contributed by atoms with Gasteiger partial charge in [-0.05, 0) is 31.0 Å². The molecule has 10 nitrogen and oxygen atoms in total. The number of aryl methyl sites for hydroxylation is 1. The van der Waals surface area contributed by atoms with Crippen LogP contribution in [-0.4, -0.2) is 100 Å². The number of fused-ring (bicyclic) bond motifs is 2. The lowest BCUT2D eigenvalue weighted by molar-refractivity contribution is -0.128. The van der Waals surface area contributed by atoms with Gasteiger partial charge in [0.05, 0.1) is 30.5 Å². The third kappa shape index (κ3) is 6.40. The van der Waals surface area contributed by atoms with Crippen LogP contribution in [-0.2, 0) is 4.79 Å². The number of allylic oxidation sites excluding steroid dienone is 1. The number of likely N-dealkylation sites (N-methyl/N-ethyl adjacent to an activating group) is 1. The number of nitriles is 1. The van der Waals surface area contributed by atoms with E-state index in [-0.39, 0.29) is 61.1 Å². The first-order valence-electron chi connectivity index (χ1n) is 15.2. The Hall–Kier alpha value is -4.90. The van der Waals surface area contributed by atoms with E-state index in [1.165, 1.54) is 16.0 Å². The number of alkyl halides is 3. The van der Waals surface area contributed by atoms with E-state index >= 15 is 4.39 Å². The van der Waals surface area contributed by atoms with E-state index in [2.05, 4.69) is 26.0 Å². The third-order valence-corrected chi connectivity index (χ3v) is 8.68. The first kappa shape index (κ1) is 32.1. The second-order valence-corrected chi connectivity index (χ2v) is 11.9. The molecule has 2 atom stereocenters. The summed E-state index contributed by atoms with van der Waals surface area (Å²) in [5.41, 5.74) is 1.31. The molecule has 0 spiro atoms. The molecule has 14 heteroatoms. The van der Waals surface area contributed by atoms with E-state index in [1.54, 1.807) is 24.3 Å². The molecule has 3 aromatic heterocycles. The van der Waals surface area contributed by atoms with Crippen LogP contribution in [0.5, 0.6) is 6.01 Å². The average molecular weight is 649 g/mol. The Morgan fingerprint density at radius 3 is 2.77 bits per heavy atom. The van der Waals surface area contributed by atoms with Gasteiger partial charge in [-0.3, -0.25) is 19.7 Å². The monoisotopic (exact) mass is 648 g/mol. The molecule has 1 aromatic carbocycles. The minimum absolute atomic E-state index is 0.00943. The molecule has 5 heterocycles. The normalized spacial score (nSPS) is 19.9. The molecule has 6 rings (SSSR count). The number of likely N-dealkylation sites (tertiary alicyclic amines) is 1. The van der Waals surface area contributed by atoms with Crippen molar-refractivity contribution < 1.29 is 27.1 Å². The maximum Gasteiger partial charge on any atom is 0.319 e. The molecule has 2 aliphatic rings. The Bertz CT molecular complexity index is 1890. The molecule has 0 radical (unpaired) electrons. The van der Waals surface area contributed by atoms with E-state index in [4.69, 9.17) is 4.74 Å². The summed E-state index contributed by atoms with van der Waals surface area (Å²) < 4.78 is 63.3. The molecule has 244 valence electrons. The van der Waals surface area contributed by atoms with Crippen LogP contribution in [0.25, 0.3) is 32.9 Å². The predicted molar refractivity (Wildman–Crippen MR) is 167 cm³/mol. The van der Waals surface area contributed by atoms with Crippen molar-refractivity contribution in [1.82, 2.24) is 29.7 Å². The zero-order chi connectivity index (χ0) is 33.3. The molecule has 2 aliphatic heterocycles. The van der Waals surface area contributed by atoms with Crippen molar-refractivity contribution in [3.8, 4) is 23.3 Å². The van der Waals surface area contributed by atoms with Crippen LogP contribution in [0, 0.1) is 24.1 Å². The van der Waals surface area contributed by atoms with E-state index in [1.807, 2.05) is 25.1 Å². The zero-order valence-corrected chi connectivity index (χ0v) is 25.8. The van der Waals surface area contributed by atoms with Crippen LogP contribution >= 0.6 is 0 Å². The van der Waals surface area contributed by atoms with Gasteiger partial charge in [-0.25, -0.2) is 17.6 Å². The highest BCUT2D eigenvalue weighted by atomic mass is 19.3. The van der Waals surface area contributed by atoms with Crippen molar-refractivity contribution in [3.63, 3.8) is 0 Å². The number of benzene rings is 1. The van der Waals surface area contributed by atoms with Crippen molar-refractivity contribution in [3.05, 3.63) is 60.3 Å². The Labute approximate surface area is 268 Å². The molecule has 0 aliphatic carbocycles. The van der Waals surface area contributed by atoms with Crippen molar-refractivity contribution >= 4 is 33.4 Å². The summed E-state index contributed by atoms with van der Waals surface area (Å²) in [6.45, 7) is 1.14. The Balaban J connectivity index is 1.43. The van der Waals surface area contributed by atoms with Gasteiger partial charge in [0.2, 0.25) is 5.91 Å². The van der Waals surface area contributed by atoms with Crippen LogP contribution in [0.2, 0.25) is 0 Å². The first-order chi connectivity index (χ1) is 22.6. The number of piperazine rings is 1. The summed E-state index contributed by atoms with van der Waals surface area (Å²) in [5, 5.41) is 11.4. The number of pyridine rings is 2. The smallest absolute Gasteiger partial charge is 0.319 e. The summed E-state index contributed by atoms with van der Waals surface area (Å²) in [6.07, 6.45) is 6.54. The second-order valence-electron chi connectivity index (χ2n) is 11.9. The van der Waals surface area contributed by atoms with Gasteiger partial charge >= 0.3 is 6.01 Å². The SMILES string of the molecule is Cc1cccc2cncc(-c3ncc4c(N5CCN(C(=O)/C=C/CF)C(CC#N)C5)nc(OCC5CC(F)(F)CN5C)nc4c3F)c12. The van der Waals surface area contributed by atoms with Gasteiger partial charge < -0.3 is 14.5 Å². The highest BCUT2D eigenvalue weighted by molar-refractivity contribution is 6.00. The summed E-state index contributed by atoms with van der Waals surface area (Å²) in [7, 11) is 1.58. The number of anilines is 1. The van der Waals surface area contributed by atoms with E-state index < -0.39 is 49.4 Å². The van der Waals surface area contributed by atoms with Gasteiger partial charge in [0, 0.05) is 67.7 Å². The highest BCUT2D eigenvalue weighted by Gasteiger charge is 2.43. The molecule has 1 amide bonds. The summed E-state index contributed by atoms with van der Waals surface area (Å²) >= 11 is 0. The van der Waals surface area contributed by atoms with Crippen molar-refractivity contribution in [2.45, 2.75) is 37.8 Å². The average Bonchev–Trinajstić information content (AvgIpc) is 3.33. The minimum atomic E-state index is -2.86. The number of hydrogen-bond donors (Lipinski definition) is 0. The van der Waals surface area contributed by atoms with Crippen LogP contribution in [0.4, 0.5) is 23.4 Å². The quantitative estimate of drug-likeness (QED) is 0.195. The molecular weight excluding hydrogens is 616 g/mol. The Kier molecular flexibility index (Phi) is 8.92. The third-order valence-electron chi connectivity index (χ3n) is 8.68. The number of amides is 1. The Morgan fingerprint density at radius 1 is 1.19 bits per heavy atom. The molecule has 0 N–H and O–H groups in total. The molecule has 2 unspecified atom stereocenters. The van der Waals surface area contributed by atoms with Crippen molar-refractivity contribution in [1.29, 1.82) is 5.26 Å². The van der Waals surface area contributed by atoms with E-state index in [9.17, 15) is 23.2 Å². The molecule has 4 aromatic rings. The number of aromatic nitrogens is 4. The van der Waals surface area contributed by atoms with Crippen LogP contribution in [0.1, 0.15) is 18.4 Å². The fourth-order valence-electron chi connectivity index (χ4n) is 6.39. The van der Waals surface area contributed by atoms with Gasteiger partial charge in [-0.15, -0.1) is 0 Å². The fraction of sp³-hybridized carbons (Fsp3) is 0.394. The Morgan fingerprint density at radius 2 is 2.02 bits per heavy atom. The summed E-state index contributed by atoms with van der Waals surface area (Å²) in [5.74, 6) is -3.76. The number of hydrogen-bond acceptors (Lipinski definition) is 9. The van der Waals surface area contributed by atoms with Crippen molar-refractivity contribution in [2.24, 2.45) is 0 Å². The van der Waals surface area contributed by atoms with Crippen LogP contribution < -0.4 is 9.64 Å². The summed E-state index contributed by atoms with van der Waals surface area (Å²) in [4.78, 5) is 35.3. The lowest BCUT2D eigenvalue weighted by Crippen LogP contribution is -2.55. The minimum Gasteiger partial charge on any atom is -0.462 e. The fourth-order valence-corrected chi connectivity index (χ4v) is 6.39. The van der Waals surface area contributed by atoms with Gasteiger partial charge in [0.15, 0.2) is 5.82 Å². The van der Waals surface area contributed by atoms with Crippen LogP contribution in [0.3, 0.4) is 0 Å². The zero-order valence-electron chi connectivity index (χ0n) is 25.8. The summed E-state index contributed by atoms with van der Waals surface area (Å²) in [6, 6.07) is 6.38. The second kappa shape index (κ2) is 13.1. The lowest BCUT2D eigenvalue weighted by atomic mass is 10.00. The molecule has 0 bridgehead atoms. The van der Waals surface area contributed by atoms with E-state index in [0.29, 0.717) is 5.56 Å². The number of nitrogens with zero attached hydrogens (tertiary/aromatic N) is 8. The number of carbonyl (C=O) groups excluding carboxylic acids is 1. The number of carbonyl (C=O) groups is 1. The largest absolute Gasteiger partial charge is 0.462 e. The topological polar surface area (TPSA) is 111 Å². The maximum atomic E-state index is 16.6. The number of ether oxygens (including phenoxy) is 1. The lowest BCUT2D eigenvalue weighted by Gasteiger charge is -2.41. The van der Waals surface area contributed by atoms with Gasteiger partial charge in [0.25, 0.3) is 5.92 Å². The standard InChI is InChI=1S/C33H32F4N8O2/c1-20-5-3-6-21-14-39-15-24(27(20)21)29-28(35)30-25(16-40-29)31(42-32(41-30)47-18-23-13-33(36,37)19-43(23)2)44-11-12-45(22(17-44)8-10-38)26(46)7-4-9-34/h3-7,14-16,22-23H,8-9,11-13,17-19H2,1-2H3/b7-4+. The molecule has 0 saturated carbocycles. The molecule has 47 heavy (non-hydrogen) atoms. The first-order valence-corrected chi connectivity index (χ1v) is 15.2.